The van der Waals surface area contributed by atoms with E-state index >= 15 is 0 Å². The quantitative estimate of drug-likeness (QED) is 0.215. The number of carbonyl (C=O) groups excluding carboxylic acids is 1. The summed E-state index contributed by atoms with van der Waals surface area (Å²) in [4.78, 5) is 25.7. The Morgan fingerprint density at radius 3 is 2.62 bits per heavy atom. The molecule has 4 aromatic rings. The van der Waals surface area contributed by atoms with Crippen LogP contribution in [0, 0.1) is 6.92 Å². The summed E-state index contributed by atoms with van der Waals surface area (Å²) in [5, 5.41) is 3.17. The predicted octanol–water partition coefficient (Wildman–Crippen LogP) is 5.67. The van der Waals surface area contributed by atoms with Gasteiger partial charge < -0.3 is 10.1 Å². The van der Waals surface area contributed by atoms with Crippen molar-refractivity contribution in [2.45, 2.75) is 6.92 Å². The smallest absolute Gasteiger partial charge is 0.338 e. The van der Waals surface area contributed by atoms with Gasteiger partial charge in [-0.05, 0) is 48.9 Å². The SMILES string of the molecule is Cc1ccc(/C(=C\C(=O)Oc2ccccc2)Nc2nccc(-c3cccnc3)n2)c(Br)c1. The Labute approximate surface area is 194 Å². The van der Waals surface area contributed by atoms with Crippen molar-refractivity contribution in [2.24, 2.45) is 0 Å². The van der Waals surface area contributed by atoms with Gasteiger partial charge in [-0.3, -0.25) is 4.98 Å². The van der Waals surface area contributed by atoms with Crippen molar-refractivity contribution in [1.29, 1.82) is 0 Å². The Balaban J connectivity index is 1.67. The van der Waals surface area contributed by atoms with E-state index in [0.29, 0.717) is 23.1 Å². The highest BCUT2D eigenvalue weighted by molar-refractivity contribution is 9.10. The van der Waals surface area contributed by atoms with Crippen LogP contribution in [0.2, 0.25) is 0 Å². The summed E-state index contributed by atoms with van der Waals surface area (Å²) in [6.45, 7) is 2.00. The van der Waals surface area contributed by atoms with Crippen LogP contribution in [0.15, 0.2) is 95.9 Å². The second-order valence-electron chi connectivity index (χ2n) is 6.91. The van der Waals surface area contributed by atoms with Gasteiger partial charge in [0.05, 0.1) is 11.4 Å². The molecule has 7 heteroatoms. The van der Waals surface area contributed by atoms with Crippen molar-refractivity contribution < 1.29 is 9.53 Å². The lowest BCUT2D eigenvalue weighted by Crippen LogP contribution is -2.10. The van der Waals surface area contributed by atoms with Crippen molar-refractivity contribution in [2.75, 3.05) is 5.32 Å². The molecule has 2 heterocycles. The van der Waals surface area contributed by atoms with Gasteiger partial charge in [0, 0.05) is 40.3 Å². The van der Waals surface area contributed by atoms with Gasteiger partial charge in [0.1, 0.15) is 5.75 Å². The van der Waals surface area contributed by atoms with E-state index in [1.54, 1.807) is 48.9 Å². The number of aromatic nitrogens is 3. The van der Waals surface area contributed by atoms with Gasteiger partial charge in [-0.15, -0.1) is 0 Å². The van der Waals surface area contributed by atoms with E-state index in [9.17, 15) is 4.79 Å². The Morgan fingerprint density at radius 1 is 1.03 bits per heavy atom. The van der Waals surface area contributed by atoms with E-state index in [1.165, 1.54) is 6.08 Å². The van der Waals surface area contributed by atoms with Gasteiger partial charge in [0.2, 0.25) is 5.95 Å². The van der Waals surface area contributed by atoms with Gasteiger partial charge in [-0.25, -0.2) is 14.8 Å². The summed E-state index contributed by atoms with van der Waals surface area (Å²) in [6.07, 6.45) is 6.49. The molecule has 6 nitrogen and oxygen atoms in total. The van der Waals surface area contributed by atoms with Crippen LogP contribution in [0.25, 0.3) is 17.0 Å². The average molecular weight is 487 g/mol. The van der Waals surface area contributed by atoms with Crippen LogP contribution in [0.1, 0.15) is 11.1 Å². The van der Waals surface area contributed by atoms with Crippen molar-refractivity contribution >= 4 is 33.5 Å². The molecule has 0 saturated carbocycles. The standard InChI is InChI=1S/C25H19BrN4O2/c1-17-9-10-20(21(26)14-17)23(15-24(31)32-19-7-3-2-4-8-19)30-25-28-13-11-22(29-25)18-6-5-12-27-16-18/h2-16H,1H3,(H,28,29,30)/b23-15+. The minimum atomic E-state index is -0.519. The molecule has 0 aliphatic heterocycles. The van der Waals surface area contributed by atoms with E-state index in [0.717, 1.165) is 21.2 Å². The van der Waals surface area contributed by atoms with Gasteiger partial charge in [0.15, 0.2) is 0 Å². The lowest BCUT2D eigenvalue weighted by molar-refractivity contribution is -0.128. The number of nitrogens with zero attached hydrogens (tertiary/aromatic N) is 3. The van der Waals surface area contributed by atoms with Gasteiger partial charge in [0.25, 0.3) is 0 Å². The zero-order valence-corrected chi connectivity index (χ0v) is 18.8. The first-order chi connectivity index (χ1) is 15.6. The number of anilines is 1. The molecule has 32 heavy (non-hydrogen) atoms. The van der Waals surface area contributed by atoms with E-state index in [-0.39, 0.29) is 0 Å². The van der Waals surface area contributed by atoms with Crippen molar-refractivity contribution in [3.8, 4) is 17.0 Å². The summed E-state index contributed by atoms with van der Waals surface area (Å²) in [6, 6.07) is 20.3. The van der Waals surface area contributed by atoms with Crippen LogP contribution >= 0.6 is 15.9 Å². The van der Waals surface area contributed by atoms with Crippen molar-refractivity contribution in [1.82, 2.24) is 15.0 Å². The largest absolute Gasteiger partial charge is 0.423 e. The van der Waals surface area contributed by atoms with E-state index in [1.807, 2.05) is 43.3 Å². The third-order valence-corrected chi connectivity index (χ3v) is 5.15. The van der Waals surface area contributed by atoms with Crippen LogP contribution in [0.3, 0.4) is 0 Å². The Kier molecular flexibility index (Phi) is 6.67. The molecule has 0 spiro atoms. The topological polar surface area (TPSA) is 77.0 Å². The molecule has 2 aromatic carbocycles. The molecule has 158 valence electrons. The monoisotopic (exact) mass is 486 g/mol. The Morgan fingerprint density at radius 2 is 1.88 bits per heavy atom. The first-order valence-electron chi connectivity index (χ1n) is 9.84. The highest BCUT2D eigenvalue weighted by Crippen LogP contribution is 2.27. The van der Waals surface area contributed by atoms with Gasteiger partial charge in [-0.2, -0.15) is 0 Å². The number of halogens is 1. The number of nitrogens with one attached hydrogen (secondary N) is 1. The molecule has 0 radical (unpaired) electrons. The molecule has 0 aliphatic rings. The minimum absolute atomic E-state index is 0.345. The molecule has 0 bridgehead atoms. The number of carbonyl (C=O) groups is 1. The van der Waals surface area contributed by atoms with E-state index in [4.69, 9.17) is 4.74 Å². The predicted molar refractivity (Wildman–Crippen MR) is 128 cm³/mol. The molecule has 4 rings (SSSR count). The number of pyridine rings is 1. The zero-order valence-electron chi connectivity index (χ0n) is 17.2. The molecule has 0 amide bonds. The maximum atomic E-state index is 12.7. The van der Waals surface area contributed by atoms with Crippen molar-refractivity contribution in [3.05, 3.63) is 107 Å². The molecular weight excluding hydrogens is 468 g/mol. The third-order valence-electron chi connectivity index (χ3n) is 4.50. The summed E-state index contributed by atoms with van der Waals surface area (Å²) >= 11 is 3.59. The molecule has 0 aliphatic carbocycles. The average Bonchev–Trinajstić information content (AvgIpc) is 2.80. The summed E-state index contributed by atoms with van der Waals surface area (Å²) < 4.78 is 6.27. The third kappa shape index (κ3) is 5.44. The lowest BCUT2D eigenvalue weighted by Gasteiger charge is -2.13. The molecule has 0 saturated heterocycles. The minimum Gasteiger partial charge on any atom is -0.423 e. The normalized spacial score (nSPS) is 11.1. The number of esters is 1. The number of para-hydroxylation sites is 1. The Hall–Kier alpha value is -3.84. The molecule has 0 fully saturated rings. The number of aryl methyl sites for hydroxylation is 1. The first kappa shape index (κ1) is 21.4. The van der Waals surface area contributed by atoms with Gasteiger partial charge >= 0.3 is 5.97 Å². The van der Waals surface area contributed by atoms with Crippen LogP contribution in [0.5, 0.6) is 5.75 Å². The molecule has 1 N–H and O–H groups in total. The number of rotatable bonds is 6. The number of hydrogen-bond acceptors (Lipinski definition) is 6. The van der Waals surface area contributed by atoms with E-state index in [2.05, 4.69) is 36.2 Å². The maximum absolute atomic E-state index is 12.7. The Bertz CT molecular complexity index is 1260. The van der Waals surface area contributed by atoms with E-state index < -0.39 is 5.97 Å². The fraction of sp³-hybridized carbons (Fsp3) is 0.0400. The summed E-state index contributed by atoms with van der Waals surface area (Å²) in [5.74, 6) is 0.290. The number of ether oxygens (including phenoxy) is 1. The second-order valence-corrected chi connectivity index (χ2v) is 7.76. The van der Waals surface area contributed by atoms with Crippen LogP contribution in [-0.4, -0.2) is 20.9 Å². The molecular formula is C25H19BrN4O2. The fourth-order valence-electron chi connectivity index (χ4n) is 2.99. The lowest BCUT2D eigenvalue weighted by atomic mass is 10.1. The molecule has 0 unspecified atom stereocenters. The van der Waals surface area contributed by atoms with Gasteiger partial charge in [-0.1, -0.05) is 46.3 Å². The molecule has 2 aromatic heterocycles. The summed E-state index contributed by atoms with van der Waals surface area (Å²) in [7, 11) is 0. The van der Waals surface area contributed by atoms with Crippen LogP contribution < -0.4 is 10.1 Å². The van der Waals surface area contributed by atoms with Crippen molar-refractivity contribution in [3.63, 3.8) is 0 Å². The summed E-state index contributed by atoms with van der Waals surface area (Å²) in [5.41, 5.74) is 3.94. The number of hydrogen-bond donors (Lipinski definition) is 1. The zero-order chi connectivity index (χ0) is 22.3. The highest BCUT2D eigenvalue weighted by atomic mass is 79.9. The first-order valence-corrected chi connectivity index (χ1v) is 10.6. The highest BCUT2D eigenvalue weighted by Gasteiger charge is 2.13. The fourth-order valence-corrected chi connectivity index (χ4v) is 3.69. The van der Waals surface area contributed by atoms with Crippen LogP contribution in [0.4, 0.5) is 5.95 Å². The molecule has 0 atom stereocenters. The number of benzene rings is 2. The van der Waals surface area contributed by atoms with Crippen LogP contribution in [-0.2, 0) is 4.79 Å². The maximum Gasteiger partial charge on any atom is 0.338 e. The second kappa shape index (κ2) is 9.98.